The van der Waals surface area contributed by atoms with Gasteiger partial charge in [0.2, 0.25) is 0 Å². The van der Waals surface area contributed by atoms with Crippen LogP contribution in [0.3, 0.4) is 0 Å². The maximum atomic E-state index is 9.94. The number of aryl methyl sites for hydroxylation is 1. The Bertz CT molecular complexity index is 359. The van der Waals surface area contributed by atoms with Crippen LogP contribution in [0.15, 0.2) is 24.3 Å². The zero-order valence-electron chi connectivity index (χ0n) is 9.70. The van der Waals surface area contributed by atoms with Crippen molar-refractivity contribution < 1.29 is 5.11 Å². The van der Waals surface area contributed by atoms with E-state index < -0.39 is 0 Å². The Morgan fingerprint density at radius 2 is 2.00 bits per heavy atom. The lowest BCUT2D eigenvalue weighted by atomic mass is 9.97. The predicted octanol–water partition coefficient (Wildman–Crippen LogP) is 2.34. The molecule has 1 aliphatic rings. The highest BCUT2D eigenvalue weighted by Gasteiger charge is 2.40. The topological polar surface area (TPSA) is 23.5 Å². The van der Waals surface area contributed by atoms with E-state index >= 15 is 0 Å². The lowest BCUT2D eigenvalue weighted by Gasteiger charge is -2.36. The first-order valence-corrected chi connectivity index (χ1v) is 5.55. The third-order valence-electron chi connectivity index (χ3n) is 3.54. The molecule has 1 atom stereocenters. The zero-order valence-corrected chi connectivity index (χ0v) is 9.70. The monoisotopic (exact) mass is 205 g/mol. The van der Waals surface area contributed by atoms with E-state index in [9.17, 15) is 5.11 Å². The van der Waals surface area contributed by atoms with Crippen LogP contribution < -0.4 is 4.90 Å². The van der Waals surface area contributed by atoms with Gasteiger partial charge in [-0.05, 0) is 38.8 Å². The minimum atomic E-state index is -0.225. The fraction of sp³-hybridized carbons (Fsp3) is 0.538. The van der Waals surface area contributed by atoms with Crippen molar-refractivity contribution in [3.63, 3.8) is 0 Å². The number of rotatable bonds is 1. The number of para-hydroxylation sites is 1. The van der Waals surface area contributed by atoms with Gasteiger partial charge in [-0.1, -0.05) is 18.2 Å². The molecule has 0 radical (unpaired) electrons. The highest BCUT2D eigenvalue weighted by atomic mass is 16.3. The summed E-state index contributed by atoms with van der Waals surface area (Å²) in [4.78, 5) is 2.31. The molecule has 82 valence electrons. The van der Waals surface area contributed by atoms with Crippen molar-refractivity contribution in [3.05, 3.63) is 29.8 Å². The van der Waals surface area contributed by atoms with E-state index in [1.54, 1.807) is 0 Å². The van der Waals surface area contributed by atoms with Crippen molar-refractivity contribution in [2.45, 2.75) is 38.8 Å². The van der Waals surface area contributed by atoms with Crippen LogP contribution in [0.1, 0.15) is 25.8 Å². The first-order valence-electron chi connectivity index (χ1n) is 5.55. The molecule has 1 fully saturated rings. The molecule has 1 aromatic rings. The highest BCUT2D eigenvalue weighted by Crippen LogP contribution is 2.35. The average molecular weight is 205 g/mol. The zero-order chi connectivity index (χ0) is 11.1. The molecule has 0 bridgehead atoms. The van der Waals surface area contributed by atoms with E-state index in [0.717, 1.165) is 13.0 Å². The van der Waals surface area contributed by atoms with Gasteiger partial charge in [0, 0.05) is 12.2 Å². The normalized spacial score (nSPS) is 24.5. The van der Waals surface area contributed by atoms with E-state index in [1.807, 2.05) is 0 Å². The number of aliphatic hydroxyl groups excluding tert-OH is 1. The molecule has 2 heteroatoms. The number of hydrogen-bond donors (Lipinski definition) is 1. The van der Waals surface area contributed by atoms with Crippen LogP contribution in [0, 0.1) is 6.92 Å². The van der Waals surface area contributed by atoms with Gasteiger partial charge < -0.3 is 10.0 Å². The summed E-state index contributed by atoms with van der Waals surface area (Å²) in [5, 5.41) is 9.94. The molecule has 1 aromatic carbocycles. The molecule has 1 unspecified atom stereocenters. The molecule has 1 N–H and O–H groups in total. The van der Waals surface area contributed by atoms with E-state index in [1.165, 1.54) is 11.3 Å². The van der Waals surface area contributed by atoms with Crippen molar-refractivity contribution in [2.75, 3.05) is 11.4 Å². The second-order valence-corrected chi connectivity index (χ2v) is 4.90. The minimum absolute atomic E-state index is 0.147. The number of nitrogens with zero attached hydrogens (tertiary/aromatic N) is 1. The first kappa shape index (κ1) is 10.5. The van der Waals surface area contributed by atoms with Crippen LogP contribution in [0.2, 0.25) is 0 Å². The van der Waals surface area contributed by atoms with Crippen LogP contribution in [0.5, 0.6) is 0 Å². The number of benzene rings is 1. The van der Waals surface area contributed by atoms with E-state index in [0.29, 0.717) is 0 Å². The molecule has 0 saturated carbocycles. The van der Waals surface area contributed by atoms with Crippen molar-refractivity contribution in [1.82, 2.24) is 0 Å². The predicted molar refractivity (Wildman–Crippen MR) is 63.2 cm³/mol. The summed E-state index contributed by atoms with van der Waals surface area (Å²) in [5.74, 6) is 0. The Morgan fingerprint density at radius 1 is 1.33 bits per heavy atom. The lowest BCUT2D eigenvalue weighted by molar-refractivity contribution is 0.127. The third kappa shape index (κ3) is 1.63. The second-order valence-electron chi connectivity index (χ2n) is 4.90. The van der Waals surface area contributed by atoms with E-state index in [2.05, 4.69) is 49.9 Å². The third-order valence-corrected chi connectivity index (χ3v) is 3.54. The van der Waals surface area contributed by atoms with Gasteiger partial charge in [-0.2, -0.15) is 0 Å². The van der Waals surface area contributed by atoms with Gasteiger partial charge in [-0.3, -0.25) is 0 Å². The molecule has 1 heterocycles. The van der Waals surface area contributed by atoms with Crippen molar-refractivity contribution in [3.8, 4) is 0 Å². The SMILES string of the molecule is Cc1ccccc1N1CCC(O)C1(C)C. The molecule has 15 heavy (non-hydrogen) atoms. The molecule has 0 aliphatic carbocycles. The maximum Gasteiger partial charge on any atom is 0.0783 e. The molecule has 0 aromatic heterocycles. The smallest absolute Gasteiger partial charge is 0.0783 e. The van der Waals surface area contributed by atoms with Gasteiger partial charge in [0.15, 0.2) is 0 Å². The van der Waals surface area contributed by atoms with Gasteiger partial charge in [-0.25, -0.2) is 0 Å². The van der Waals surface area contributed by atoms with Gasteiger partial charge in [0.05, 0.1) is 11.6 Å². The Hall–Kier alpha value is -1.02. The first-order chi connectivity index (χ1) is 7.03. The largest absolute Gasteiger partial charge is 0.391 e. The number of anilines is 1. The number of aliphatic hydroxyl groups is 1. The maximum absolute atomic E-state index is 9.94. The standard InChI is InChI=1S/C13H19NO/c1-10-6-4-5-7-11(10)14-9-8-12(15)13(14,2)3/h4-7,12,15H,8-9H2,1-3H3. The van der Waals surface area contributed by atoms with E-state index in [4.69, 9.17) is 0 Å². The van der Waals surface area contributed by atoms with Crippen molar-refractivity contribution >= 4 is 5.69 Å². The second kappa shape index (κ2) is 3.53. The van der Waals surface area contributed by atoms with Crippen LogP contribution >= 0.6 is 0 Å². The molecule has 2 rings (SSSR count). The summed E-state index contributed by atoms with van der Waals surface area (Å²) in [6, 6.07) is 8.37. The summed E-state index contributed by atoms with van der Waals surface area (Å²) in [5.41, 5.74) is 2.38. The highest BCUT2D eigenvalue weighted by molar-refractivity contribution is 5.56. The van der Waals surface area contributed by atoms with Crippen LogP contribution in [0.4, 0.5) is 5.69 Å². The Labute approximate surface area is 91.5 Å². The Morgan fingerprint density at radius 3 is 2.53 bits per heavy atom. The van der Waals surface area contributed by atoms with Gasteiger partial charge in [0.25, 0.3) is 0 Å². The molecule has 1 aliphatic heterocycles. The van der Waals surface area contributed by atoms with Crippen molar-refractivity contribution in [1.29, 1.82) is 0 Å². The summed E-state index contributed by atoms with van der Waals surface area (Å²) in [6.07, 6.45) is 0.638. The van der Waals surface area contributed by atoms with Crippen LogP contribution in [-0.2, 0) is 0 Å². The van der Waals surface area contributed by atoms with Gasteiger partial charge in [0.1, 0.15) is 0 Å². The van der Waals surface area contributed by atoms with Crippen molar-refractivity contribution in [2.24, 2.45) is 0 Å². The molecule has 0 spiro atoms. The fourth-order valence-corrected chi connectivity index (χ4v) is 2.37. The Kier molecular flexibility index (Phi) is 2.47. The summed E-state index contributed by atoms with van der Waals surface area (Å²) < 4.78 is 0. The van der Waals surface area contributed by atoms with E-state index in [-0.39, 0.29) is 11.6 Å². The minimum Gasteiger partial charge on any atom is -0.391 e. The van der Waals surface area contributed by atoms with Gasteiger partial charge >= 0.3 is 0 Å². The van der Waals surface area contributed by atoms with Crippen LogP contribution in [-0.4, -0.2) is 23.3 Å². The molecule has 2 nitrogen and oxygen atoms in total. The Balaban J connectivity index is 2.37. The molecule has 0 amide bonds. The molecule has 1 saturated heterocycles. The van der Waals surface area contributed by atoms with Gasteiger partial charge in [-0.15, -0.1) is 0 Å². The van der Waals surface area contributed by atoms with Crippen LogP contribution in [0.25, 0.3) is 0 Å². The molecular formula is C13H19NO. The summed E-state index contributed by atoms with van der Waals surface area (Å²) >= 11 is 0. The summed E-state index contributed by atoms with van der Waals surface area (Å²) in [7, 11) is 0. The molecular weight excluding hydrogens is 186 g/mol. The summed E-state index contributed by atoms with van der Waals surface area (Å²) in [6.45, 7) is 7.28. The quantitative estimate of drug-likeness (QED) is 0.760. The average Bonchev–Trinajstić information content (AvgIpc) is 2.44. The fourth-order valence-electron chi connectivity index (χ4n) is 2.37. The lowest BCUT2D eigenvalue weighted by Crippen LogP contribution is -2.45. The number of hydrogen-bond acceptors (Lipinski definition) is 2.